The van der Waals surface area contributed by atoms with Gasteiger partial charge < -0.3 is 40.6 Å². The van der Waals surface area contributed by atoms with Crippen molar-refractivity contribution < 1.29 is 43.9 Å². The normalized spacial score (nSPS) is 22.1. The highest BCUT2D eigenvalue weighted by atomic mass is 32.2. The average molecular weight is 590 g/mol. The van der Waals surface area contributed by atoms with Gasteiger partial charge in [-0.25, -0.2) is 4.68 Å². The number of unbranched alkanes of at least 4 members (excludes halogenated alkanes) is 4. The number of hydrogen-bond donors (Lipinski definition) is 5. The number of rotatable bonds is 19. The Kier molecular flexibility index (Phi) is 15.4. The number of hydrogen-bond acceptors (Lipinski definition) is 13. The predicted octanol–water partition coefficient (Wildman–Crippen LogP) is 0.504. The van der Waals surface area contributed by atoms with Crippen LogP contribution in [-0.2, 0) is 28.6 Å². The lowest BCUT2D eigenvalue weighted by Crippen LogP contribution is -2.38. The van der Waals surface area contributed by atoms with E-state index in [1.807, 2.05) is 13.8 Å². The topological polar surface area (TPSA) is 208 Å². The Labute approximate surface area is 238 Å². The van der Waals surface area contributed by atoms with Crippen LogP contribution in [0.25, 0.3) is 0 Å². The van der Waals surface area contributed by atoms with Gasteiger partial charge in [-0.2, -0.15) is 11.8 Å². The van der Waals surface area contributed by atoms with E-state index in [0.29, 0.717) is 6.42 Å². The molecule has 0 bridgehead atoms. The number of ether oxygens (including phenoxy) is 3. The molecule has 1 aromatic rings. The SMILES string of the molecule is CCCCCC(=O)OCC(CSCC(N)C(=O)Nc1cn([C@H]2OC(CO)[C@@H](O)[C@H]2O)nn1)OC(=O)CCCCC. The summed E-state index contributed by atoms with van der Waals surface area (Å²) in [6, 6.07) is -0.943. The predicted molar refractivity (Wildman–Crippen MR) is 146 cm³/mol. The summed E-state index contributed by atoms with van der Waals surface area (Å²) >= 11 is 1.28. The van der Waals surface area contributed by atoms with Gasteiger partial charge in [-0.3, -0.25) is 14.4 Å². The summed E-state index contributed by atoms with van der Waals surface area (Å²) in [4.78, 5) is 36.8. The van der Waals surface area contributed by atoms with Gasteiger partial charge in [0.1, 0.15) is 31.0 Å². The summed E-state index contributed by atoms with van der Waals surface area (Å²) < 4.78 is 17.4. The molecule has 0 radical (unpaired) electrons. The zero-order chi connectivity index (χ0) is 29.5. The van der Waals surface area contributed by atoms with Crippen molar-refractivity contribution in [1.29, 1.82) is 0 Å². The van der Waals surface area contributed by atoms with Gasteiger partial charge in [0.2, 0.25) is 5.91 Å². The van der Waals surface area contributed by atoms with E-state index in [0.717, 1.165) is 43.2 Å². The standard InChI is InChI=1S/C25H43N5O9S/c1-3-5-7-9-20(32)37-13-16(38-21(33)10-8-6-4-2)14-40-15-17(26)24(36)27-19-11-30(29-28-19)25-23(35)22(34)18(12-31)39-25/h11,16-18,22-23,25,31,34-35H,3-10,12-15,26H2,1-2H3,(H,27,36)/t16?,17?,18?,22-,23-,25+/m1/s1. The quantitative estimate of drug-likeness (QED) is 0.110. The molecule has 1 fully saturated rings. The molecule has 0 aromatic carbocycles. The zero-order valence-corrected chi connectivity index (χ0v) is 24.0. The maximum absolute atomic E-state index is 12.6. The van der Waals surface area contributed by atoms with Gasteiger partial charge >= 0.3 is 11.9 Å². The molecule has 1 amide bonds. The Morgan fingerprint density at radius 1 is 1.10 bits per heavy atom. The van der Waals surface area contributed by atoms with E-state index in [9.17, 15) is 29.7 Å². The first-order valence-corrected chi connectivity index (χ1v) is 14.9. The van der Waals surface area contributed by atoms with Crippen LogP contribution in [0.3, 0.4) is 0 Å². The summed E-state index contributed by atoms with van der Waals surface area (Å²) in [5.41, 5.74) is 6.02. The summed E-state index contributed by atoms with van der Waals surface area (Å²) in [7, 11) is 0. The second-order valence-corrected chi connectivity index (χ2v) is 10.7. The van der Waals surface area contributed by atoms with Gasteiger partial charge in [-0.15, -0.1) is 5.10 Å². The molecule has 0 aliphatic carbocycles. The molecule has 2 rings (SSSR count). The monoisotopic (exact) mass is 589 g/mol. The third-order valence-corrected chi connectivity index (χ3v) is 7.38. The molecule has 14 nitrogen and oxygen atoms in total. The number of anilines is 1. The fraction of sp³-hybridized carbons (Fsp3) is 0.800. The fourth-order valence-electron chi connectivity index (χ4n) is 3.84. The number of nitrogens with two attached hydrogens (primary N) is 1. The molecule has 1 aliphatic rings. The van der Waals surface area contributed by atoms with Crippen LogP contribution in [0.1, 0.15) is 71.4 Å². The molecule has 1 aliphatic heterocycles. The smallest absolute Gasteiger partial charge is 0.306 e. The maximum atomic E-state index is 12.6. The number of aliphatic hydroxyl groups excluding tert-OH is 3. The first-order chi connectivity index (χ1) is 19.2. The van der Waals surface area contributed by atoms with Crippen molar-refractivity contribution >= 4 is 35.4 Å². The molecular weight excluding hydrogens is 546 g/mol. The molecule has 3 unspecified atom stereocenters. The molecule has 0 spiro atoms. The number of nitrogens with one attached hydrogen (secondary N) is 1. The van der Waals surface area contributed by atoms with E-state index in [2.05, 4.69) is 15.6 Å². The number of thioether (sulfide) groups is 1. The Bertz CT molecular complexity index is 921. The lowest BCUT2D eigenvalue weighted by molar-refractivity contribution is -0.157. The van der Waals surface area contributed by atoms with Gasteiger partial charge in [-0.1, -0.05) is 44.7 Å². The van der Waals surface area contributed by atoms with Gasteiger partial charge in [0.15, 0.2) is 12.0 Å². The van der Waals surface area contributed by atoms with Crippen molar-refractivity contribution in [2.45, 2.75) is 102 Å². The van der Waals surface area contributed by atoms with E-state index in [4.69, 9.17) is 19.9 Å². The number of carbonyl (C=O) groups is 3. The van der Waals surface area contributed by atoms with Crippen molar-refractivity contribution in [3.8, 4) is 0 Å². The van der Waals surface area contributed by atoms with Gasteiger partial charge in [0.05, 0.1) is 18.8 Å². The van der Waals surface area contributed by atoms with Crippen molar-refractivity contribution in [3.63, 3.8) is 0 Å². The minimum atomic E-state index is -1.34. The minimum Gasteiger partial charge on any atom is -0.462 e. The molecule has 40 heavy (non-hydrogen) atoms. The van der Waals surface area contributed by atoms with Crippen LogP contribution in [0.4, 0.5) is 5.82 Å². The molecule has 2 heterocycles. The van der Waals surface area contributed by atoms with Crippen LogP contribution < -0.4 is 11.1 Å². The van der Waals surface area contributed by atoms with E-state index in [-0.39, 0.29) is 42.3 Å². The summed E-state index contributed by atoms with van der Waals surface area (Å²) in [5, 5.41) is 39.4. The average Bonchev–Trinajstić information content (AvgIpc) is 3.50. The number of aromatic nitrogens is 3. The molecule has 6 atom stereocenters. The largest absolute Gasteiger partial charge is 0.462 e. The third-order valence-electron chi connectivity index (χ3n) is 6.17. The Hall–Kier alpha value is -2.30. The van der Waals surface area contributed by atoms with Crippen LogP contribution >= 0.6 is 11.8 Å². The second kappa shape index (κ2) is 18.2. The van der Waals surface area contributed by atoms with Crippen molar-refractivity contribution in [1.82, 2.24) is 15.0 Å². The molecule has 1 saturated heterocycles. The van der Waals surface area contributed by atoms with Gasteiger partial charge in [-0.05, 0) is 12.8 Å². The molecule has 1 aromatic heterocycles. The number of carbonyl (C=O) groups excluding carboxylic acids is 3. The lowest BCUT2D eigenvalue weighted by atomic mass is 10.1. The summed E-state index contributed by atoms with van der Waals surface area (Å²) in [6.45, 7) is 3.53. The van der Waals surface area contributed by atoms with Gasteiger partial charge in [0, 0.05) is 24.3 Å². The Morgan fingerprint density at radius 2 is 1.77 bits per heavy atom. The van der Waals surface area contributed by atoms with Crippen molar-refractivity contribution in [2.75, 3.05) is 30.0 Å². The maximum Gasteiger partial charge on any atom is 0.306 e. The Morgan fingerprint density at radius 3 is 2.40 bits per heavy atom. The van der Waals surface area contributed by atoms with E-state index in [1.54, 1.807) is 0 Å². The minimum absolute atomic E-state index is 0.0528. The first kappa shape index (κ1) is 33.9. The highest BCUT2D eigenvalue weighted by Gasteiger charge is 2.44. The van der Waals surface area contributed by atoms with Crippen LogP contribution in [0.15, 0.2) is 6.20 Å². The number of nitrogens with zero attached hydrogens (tertiary/aromatic N) is 3. The van der Waals surface area contributed by atoms with E-state index >= 15 is 0 Å². The van der Waals surface area contributed by atoms with Crippen LogP contribution in [0, 0.1) is 0 Å². The second-order valence-electron chi connectivity index (χ2n) is 9.65. The molecule has 6 N–H and O–H groups in total. The van der Waals surface area contributed by atoms with Gasteiger partial charge in [0.25, 0.3) is 0 Å². The van der Waals surface area contributed by atoms with E-state index < -0.39 is 49.2 Å². The van der Waals surface area contributed by atoms with E-state index in [1.165, 1.54) is 18.0 Å². The van der Waals surface area contributed by atoms with Crippen molar-refractivity contribution in [2.24, 2.45) is 5.73 Å². The first-order valence-electron chi connectivity index (χ1n) is 13.7. The van der Waals surface area contributed by atoms with Crippen LogP contribution in [0.5, 0.6) is 0 Å². The number of amides is 1. The third kappa shape index (κ3) is 11.3. The fourth-order valence-corrected chi connectivity index (χ4v) is 4.80. The lowest BCUT2D eigenvalue weighted by Gasteiger charge is -2.19. The van der Waals surface area contributed by atoms with Crippen molar-refractivity contribution in [3.05, 3.63) is 6.20 Å². The Balaban J connectivity index is 1.83. The highest BCUT2D eigenvalue weighted by Crippen LogP contribution is 2.29. The highest BCUT2D eigenvalue weighted by molar-refractivity contribution is 7.99. The van der Waals surface area contributed by atoms with Crippen LogP contribution in [-0.4, -0.2) is 103 Å². The molecule has 0 saturated carbocycles. The molecule has 15 heteroatoms. The molecule has 228 valence electrons. The zero-order valence-electron chi connectivity index (χ0n) is 23.1. The van der Waals surface area contributed by atoms with Crippen LogP contribution in [0.2, 0.25) is 0 Å². The summed E-state index contributed by atoms with van der Waals surface area (Å²) in [5.74, 6) is -0.729. The molecular formula is C25H43N5O9S. The summed E-state index contributed by atoms with van der Waals surface area (Å²) in [6.07, 6.45) is 1.79. The number of esters is 2. The number of aliphatic hydroxyl groups is 3.